The van der Waals surface area contributed by atoms with Gasteiger partial charge in [0.2, 0.25) is 0 Å². The summed E-state index contributed by atoms with van der Waals surface area (Å²) >= 11 is 0. The standard InChI is InChI=1S/C7H11F2NO/c1-5(2)10-4-3-7(8,9)6(10)11/h5H,3-4H2,1-2H3. The van der Waals surface area contributed by atoms with E-state index >= 15 is 0 Å². The smallest absolute Gasteiger partial charge is 0.326 e. The Bertz CT molecular complexity index is 179. The van der Waals surface area contributed by atoms with E-state index in [4.69, 9.17) is 0 Å². The molecule has 1 saturated heterocycles. The fourth-order valence-electron chi connectivity index (χ4n) is 1.17. The van der Waals surface area contributed by atoms with Gasteiger partial charge in [0.25, 0.3) is 5.91 Å². The molecule has 0 aromatic carbocycles. The van der Waals surface area contributed by atoms with Crippen LogP contribution in [0.15, 0.2) is 0 Å². The average molecular weight is 163 g/mol. The highest BCUT2D eigenvalue weighted by Gasteiger charge is 2.48. The second-order valence-corrected chi connectivity index (χ2v) is 3.05. The monoisotopic (exact) mass is 163 g/mol. The van der Waals surface area contributed by atoms with Crippen LogP contribution >= 0.6 is 0 Å². The molecule has 0 aromatic heterocycles. The molecule has 0 atom stereocenters. The van der Waals surface area contributed by atoms with E-state index in [2.05, 4.69) is 0 Å². The van der Waals surface area contributed by atoms with Gasteiger partial charge in [0, 0.05) is 19.0 Å². The van der Waals surface area contributed by atoms with E-state index in [1.54, 1.807) is 13.8 Å². The zero-order valence-corrected chi connectivity index (χ0v) is 6.60. The molecule has 0 aromatic rings. The van der Waals surface area contributed by atoms with Crippen LogP contribution in [0, 0.1) is 0 Å². The third-order valence-electron chi connectivity index (χ3n) is 1.86. The van der Waals surface area contributed by atoms with E-state index in [-0.39, 0.29) is 19.0 Å². The predicted molar refractivity (Wildman–Crippen MR) is 36.4 cm³/mol. The normalized spacial score (nSPS) is 23.4. The average Bonchev–Trinajstić information content (AvgIpc) is 2.09. The number of carbonyl (C=O) groups excluding carboxylic acids is 1. The molecular weight excluding hydrogens is 152 g/mol. The molecule has 4 heteroatoms. The SMILES string of the molecule is CC(C)N1CCC(F)(F)C1=O. The largest absolute Gasteiger partial charge is 0.335 e. The van der Waals surface area contributed by atoms with Crippen LogP contribution in [-0.2, 0) is 4.79 Å². The molecule has 1 amide bonds. The topological polar surface area (TPSA) is 20.3 Å². The van der Waals surface area contributed by atoms with Crippen molar-refractivity contribution in [3.8, 4) is 0 Å². The lowest BCUT2D eigenvalue weighted by molar-refractivity contribution is -0.149. The second kappa shape index (κ2) is 2.43. The summed E-state index contributed by atoms with van der Waals surface area (Å²) in [6, 6.07) is -0.115. The molecule has 0 spiro atoms. The highest BCUT2D eigenvalue weighted by Crippen LogP contribution is 2.29. The van der Waals surface area contributed by atoms with Crippen LogP contribution in [0.1, 0.15) is 20.3 Å². The number of rotatable bonds is 1. The van der Waals surface area contributed by atoms with Crippen molar-refractivity contribution in [3.05, 3.63) is 0 Å². The van der Waals surface area contributed by atoms with E-state index in [1.165, 1.54) is 4.90 Å². The molecule has 1 aliphatic rings. The van der Waals surface area contributed by atoms with Crippen molar-refractivity contribution in [1.29, 1.82) is 0 Å². The first-order valence-corrected chi connectivity index (χ1v) is 3.64. The second-order valence-electron chi connectivity index (χ2n) is 3.05. The molecule has 0 unspecified atom stereocenters. The lowest BCUT2D eigenvalue weighted by Crippen LogP contribution is -2.37. The fourth-order valence-corrected chi connectivity index (χ4v) is 1.17. The molecule has 1 aliphatic heterocycles. The Kier molecular flexibility index (Phi) is 1.86. The third kappa shape index (κ3) is 1.34. The highest BCUT2D eigenvalue weighted by molar-refractivity contribution is 5.85. The zero-order valence-electron chi connectivity index (χ0n) is 6.60. The molecule has 1 heterocycles. The summed E-state index contributed by atoms with van der Waals surface area (Å²) in [5.74, 6) is -4.13. The Balaban J connectivity index is 2.71. The Morgan fingerprint density at radius 2 is 2.09 bits per heavy atom. The summed E-state index contributed by atoms with van der Waals surface area (Å²) in [5, 5.41) is 0. The number of amides is 1. The number of likely N-dealkylation sites (tertiary alicyclic amines) is 1. The van der Waals surface area contributed by atoms with Crippen molar-refractivity contribution in [2.45, 2.75) is 32.2 Å². The minimum atomic E-state index is -3.11. The molecule has 11 heavy (non-hydrogen) atoms. The molecule has 0 saturated carbocycles. The number of halogens is 2. The van der Waals surface area contributed by atoms with Crippen molar-refractivity contribution in [1.82, 2.24) is 4.90 Å². The molecule has 64 valence electrons. The molecule has 1 fully saturated rings. The highest BCUT2D eigenvalue weighted by atomic mass is 19.3. The summed E-state index contributed by atoms with van der Waals surface area (Å²) in [6.45, 7) is 3.65. The minimum absolute atomic E-state index is 0.115. The van der Waals surface area contributed by atoms with Gasteiger partial charge >= 0.3 is 5.92 Å². The first kappa shape index (κ1) is 8.43. The van der Waals surface area contributed by atoms with Crippen LogP contribution in [0.4, 0.5) is 8.78 Å². The molecule has 0 bridgehead atoms. The van der Waals surface area contributed by atoms with Crippen molar-refractivity contribution in [2.24, 2.45) is 0 Å². The van der Waals surface area contributed by atoms with Gasteiger partial charge in [-0.15, -0.1) is 0 Å². The summed E-state index contributed by atoms with van der Waals surface area (Å²) in [6.07, 6.45) is -0.329. The van der Waals surface area contributed by atoms with Gasteiger partial charge in [-0.05, 0) is 13.8 Å². The van der Waals surface area contributed by atoms with Gasteiger partial charge in [0.05, 0.1) is 0 Å². The van der Waals surface area contributed by atoms with Crippen molar-refractivity contribution in [2.75, 3.05) is 6.54 Å². The van der Waals surface area contributed by atoms with Crippen LogP contribution in [-0.4, -0.2) is 29.3 Å². The Morgan fingerprint density at radius 3 is 2.27 bits per heavy atom. The van der Waals surface area contributed by atoms with Gasteiger partial charge in [-0.1, -0.05) is 0 Å². The maximum absolute atomic E-state index is 12.6. The molecule has 0 radical (unpaired) electrons. The maximum Gasteiger partial charge on any atom is 0.326 e. The third-order valence-corrected chi connectivity index (χ3v) is 1.86. The zero-order chi connectivity index (χ0) is 8.65. The Morgan fingerprint density at radius 1 is 1.55 bits per heavy atom. The Labute approximate surface area is 64.2 Å². The first-order valence-electron chi connectivity index (χ1n) is 3.64. The number of alkyl halides is 2. The summed E-state index contributed by atoms with van der Waals surface area (Å²) < 4.78 is 25.1. The van der Waals surface area contributed by atoms with Crippen molar-refractivity contribution >= 4 is 5.91 Å². The summed E-state index contributed by atoms with van der Waals surface area (Å²) in [7, 11) is 0. The van der Waals surface area contributed by atoms with Gasteiger partial charge in [-0.25, -0.2) is 0 Å². The van der Waals surface area contributed by atoms with Crippen LogP contribution in [0.25, 0.3) is 0 Å². The van der Waals surface area contributed by atoms with Gasteiger partial charge < -0.3 is 4.90 Å². The van der Waals surface area contributed by atoms with E-state index in [0.717, 1.165) is 0 Å². The lowest BCUT2D eigenvalue weighted by Gasteiger charge is -2.19. The fraction of sp³-hybridized carbons (Fsp3) is 0.857. The molecule has 1 rings (SSSR count). The molecular formula is C7H11F2NO. The van der Waals surface area contributed by atoms with Gasteiger partial charge in [0.15, 0.2) is 0 Å². The number of carbonyl (C=O) groups is 1. The summed E-state index contributed by atoms with van der Waals surface area (Å²) in [5.41, 5.74) is 0. The molecule has 2 nitrogen and oxygen atoms in total. The van der Waals surface area contributed by atoms with Crippen LogP contribution in [0.5, 0.6) is 0 Å². The Hall–Kier alpha value is -0.670. The van der Waals surface area contributed by atoms with Gasteiger partial charge in [0.1, 0.15) is 0 Å². The van der Waals surface area contributed by atoms with E-state index in [1.807, 2.05) is 0 Å². The van der Waals surface area contributed by atoms with Crippen LogP contribution in [0.3, 0.4) is 0 Å². The number of hydrogen-bond acceptors (Lipinski definition) is 1. The lowest BCUT2D eigenvalue weighted by atomic mass is 10.3. The van der Waals surface area contributed by atoms with Crippen molar-refractivity contribution < 1.29 is 13.6 Å². The van der Waals surface area contributed by atoms with E-state index < -0.39 is 11.8 Å². The van der Waals surface area contributed by atoms with Crippen LogP contribution < -0.4 is 0 Å². The number of hydrogen-bond donors (Lipinski definition) is 0. The van der Waals surface area contributed by atoms with Gasteiger partial charge in [-0.3, -0.25) is 4.79 Å². The quantitative estimate of drug-likeness (QED) is 0.570. The maximum atomic E-state index is 12.6. The predicted octanol–water partition coefficient (Wildman–Crippen LogP) is 1.26. The summed E-state index contributed by atoms with van der Waals surface area (Å²) in [4.78, 5) is 12.1. The van der Waals surface area contributed by atoms with Crippen molar-refractivity contribution in [3.63, 3.8) is 0 Å². The van der Waals surface area contributed by atoms with Gasteiger partial charge in [-0.2, -0.15) is 8.78 Å². The minimum Gasteiger partial charge on any atom is -0.335 e. The molecule has 0 N–H and O–H groups in total. The van der Waals surface area contributed by atoms with Crippen LogP contribution in [0.2, 0.25) is 0 Å². The van der Waals surface area contributed by atoms with E-state index in [9.17, 15) is 13.6 Å². The first-order chi connectivity index (χ1) is 4.95. The number of nitrogens with zero attached hydrogens (tertiary/aromatic N) is 1. The van der Waals surface area contributed by atoms with E-state index in [0.29, 0.717) is 0 Å². The molecule has 0 aliphatic carbocycles.